The topological polar surface area (TPSA) is 59.0 Å². The molecule has 5 nitrogen and oxygen atoms in total. The number of fused-ring (bicyclic) bond motifs is 1. The molecule has 0 unspecified atom stereocenters. The van der Waals surface area contributed by atoms with Gasteiger partial charge in [-0.3, -0.25) is 4.79 Å². The molecule has 8 heteroatoms. The van der Waals surface area contributed by atoms with Crippen molar-refractivity contribution in [1.82, 2.24) is 4.90 Å². The van der Waals surface area contributed by atoms with E-state index in [0.29, 0.717) is 30.9 Å². The van der Waals surface area contributed by atoms with Crippen LogP contribution in [0.2, 0.25) is 6.32 Å². The van der Waals surface area contributed by atoms with Gasteiger partial charge in [-0.1, -0.05) is 6.07 Å². The van der Waals surface area contributed by atoms with E-state index in [9.17, 15) is 9.82 Å². The van der Waals surface area contributed by atoms with Gasteiger partial charge < -0.3 is 19.3 Å². The summed E-state index contributed by atoms with van der Waals surface area (Å²) in [6, 6.07) is 5.70. The first-order chi connectivity index (χ1) is 10.8. The molecule has 1 N–H and O–H groups in total. The number of carbonyl (C=O) groups excluding carboxylic acids is 1. The van der Waals surface area contributed by atoms with Gasteiger partial charge >= 0.3 is 7.12 Å². The lowest BCUT2D eigenvalue weighted by Gasteiger charge is -2.39. The first-order valence-electron chi connectivity index (χ1n) is 7.65. The molecule has 23 heavy (non-hydrogen) atoms. The average Bonchev–Trinajstić information content (AvgIpc) is 2.39. The van der Waals surface area contributed by atoms with E-state index >= 15 is 0 Å². The van der Waals surface area contributed by atoms with Gasteiger partial charge in [0.05, 0.1) is 17.2 Å². The Morgan fingerprint density at radius 1 is 1.52 bits per heavy atom. The van der Waals surface area contributed by atoms with Gasteiger partial charge in [0.2, 0.25) is 0 Å². The third-order valence-electron chi connectivity index (χ3n) is 3.71. The quantitative estimate of drug-likeness (QED) is 0.497. The van der Waals surface area contributed by atoms with E-state index in [0.717, 1.165) is 12.0 Å². The van der Waals surface area contributed by atoms with E-state index in [1.54, 1.807) is 4.90 Å². The Bertz CT molecular complexity index is 602. The third kappa shape index (κ3) is 4.30. The number of carbonyl (C=O) groups is 1. The average molecular weight is 353 g/mol. The number of likely N-dealkylation sites (tertiary alicyclic amines) is 1. The lowest BCUT2D eigenvalue weighted by Crippen LogP contribution is -2.55. The van der Waals surface area contributed by atoms with E-state index < -0.39 is 7.12 Å². The van der Waals surface area contributed by atoms with Crippen LogP contribution >= 0.6 is 24.4 Å². The van der Waals surface area contributed by atoms with Crippen LogP contribution < -0.4 is 9.39 Å². The van der Waals surface area contributed by atoms with Gasteiger partial charge in [-0.05, 0) is 50.0 Å². The van der Waals surface area contributed by atoms with Crippen LogP contribution in [0, 0.1) is 0 Å². The van der Waals surface area contributed by atoms with Crippen LogP contribution in [0.25, 0.3) is 0 Å². The standard InChI is InChI=1S/C15H20BNO4S2/c1-15(2,22)23-14(18)17-8-12(9-17)20-11-4-3-10-5-6-16(19)21-13(10)7-11/h3-4,7,12,19,22H,5-6,8-9H2,1-2H3. The Balaban J connectivity index is 1.52. The maximum atomic E-state index is 12.0. The molecule has 2 aliphatic rings. The largest absolute Gasteiger partial charge is 0.536 e. The van der Waals surface area contributed by atoms with E-state index in [2.05, 4.69) is 12.6 Å². The zero-order valence-electron chi connectivity index (χ0n) is 13.2. The molecule has 0 bridgehead atoms. The Hall–Kier alpha value is -0.985. The Kier molecular flexibility index (Phi) is 4.76. The van der Waals surface area contributed by atoms with Crippen LogP contribution in [0.15, 0.2) is 18.2 Å². The van der Waals surface area contributed by atoms with Crippen molar-refractivity contribution < 1.29 is 19.2 Å². The number of thioether (sulfide) groups is 1. The SMILES string of the molecule is CC(C)(S)SC(=O)N1CC(Oc2ccc3c(c2)OB(O)CC3)C1. The van der Waals surface area contributed by atoms with Crippen LogP contribution in [0.1, 0.15) is 19.4 Å². The first-order valence-corrected chi connectivity index (χ1v) is 8.91. The van der Waals surface area contributed by atoms with Gasteiger partial charge in [-0.2, -0.15) is 12.6 Å². The zero-order chi connectivity index (χ0) is 16.6. The minimum Gasteiger partial charge on any atom is -0.536 e. The maximum absolute atomic E-state index is 12.0. The van der Waals surface area contributed by atoms with Crippen molar-refractivity contribution >= 4 is 36.7 Å². The Morgan fingerprint density at radius 3 is 2.96 bits per heavy atom. The van der Waals surface area contributed by atoms with Crippen LogP contribution in [0.5, 0.6) is 11.5 Å². The number of ether oxygens (including phenoxy) is 1. The molecular formula is C15H20BNO4S2. The van der Waals surface area contributed by atoms with E-state index in [1.165, 1.54) is 11.8 Å². The summed E-state index contributed by atoms with van der Waals surface area (Å²) in [6.45, 7) is 4.95. The highest BCUT2D eigenvalue weighted by Crippen LogP contribution is 2.34. The number of benzene rings is 1. The lowest BCUT2D eigenvalue weighted by molar-refractivity contribution is 0.0534. The summed E-state index contributed by atoms with van der Waals surface area (Å²) in [5.41, 5.74) is 1.08. The van der Waals surface area contributed by atoms with Crippen molar-refractivity contribution in [3.05, 3.63) is 23.8 Å². The highest BCUT2D eigenvalue weighted by Gasteiger charge is 2.35. The van der Waals surface area contributed by atoms with Crippen molar-refractivity contribution in [2.75, 3.05) is 13.1 Å². The monoisotopic (exact) mass is 353 g/mol. The van der Waals surface area contributed by atoms with Crippen molar-refractivity contribution in [2.45, 2.75) is 36.8 Å². The molecule has 1 fully saturated rings. The van der Waals surface area contributed by atoms with Gasteiger partial charge in [-0.25, -0.2) is 0 Å². The van der Waals surface area contributed by atoms with E-state index in [4.69, 9.17) is 9.39 Å². The number of amides is 1. The van der Waals surface area contributed by atoms with Crippen molar-refractivity contribution in [2.24, 2.45) is 0 Å². The highest BCUT2D eigenvalue weighted by atomic mass is 32.2. The second-order valence-corrected chi connectivity index (χ2v) is 9.33. The minimum absolute atomic E-state index is 0.00542. The number of hydrogen-bond donors (Lipinski definition) is 2. The van der Waals surface area contributed by atoms with Gasteiger partial charge in [0.1, 0.15) is 17.6 Å². The predicted molar refractivity (Wildman–Crippen MR) is 95.6 cm³/mol. The normalized spacial score (nSPS) is 18.1. The highest BCUT2D eigenvalue weighted by molar-refractivity contribution is 8.21. The molecule has 0 aliphatic carbocycles. The van der Waals surface area contributed by atoms with Crippen LogP contribution in [-0.4, -0.2) is 45.6 Å². The van der Waals surface area contributed by atoms with Crippen LogP contribution in [-0.2, 0) is 6.42 Å². The minimum atomic E-state index is -0.740. The summed E-state index contributed by atoms with van der Waals surface area (Å²) in [5.74, 6) is 1.39. The lowest BCUT2D eigenvalue weighted by atomic mass is 9.79. The summed E-state index contributed by atoms with van der Waals surface area (Å²) in [6.07, 6.45) is 1.42. The second kappa shape index (κ2) is 6.49. The smallest absolute Gasteiger partial charge is 0.522 e. The Morgan fingerprint density at radius 2 is 2.26 bits per heavy atom. The molecule has 0 atom stereocenters. The number of rotatable bonds is 3. The molecule has 1 saturated heterocycles. The van der Waals surface area contributed by atoms with E-state index in [1.807, 2.05) is 32.0 Å². The van der Waals surface area contributed by atoms with Crippen molar-refractivity contribution in [1.29, 1.82) is 0 Å². The van der Waals surface area contributed by atoms with Crippen molar-refractivity contribution in [3.63, 3.8) is 0 Å². The van der Waals surface area contributed by atoms with Crippen molar-refractivity contribution in [3.8, 4) is 11.5 Å². The number of nitrogens with zero attached hydrogens (tertiary/aromatic N) is 1. The molecule has 1 amide bonds. The van der Waals surface area contributed by atoms with Gasteiger partial charge in [0, 0.05) is 6.07 Å². The third-order valence-corrected chi connectivity index (χ3v) is 4.91. The number of hydrogen-bond acceptors (Lipinski definition) is 6. The molecule has 3 rings (SSSR count). The Labute approximate surface area is 146 Å². The summed E-state index contributed by atoms with van der Waals surface area (Å²) < 4.78 is 10.9. The fourth-order valence-electron chi connectivity index (χ4n) is 2.54. The number of thiol groups is 1. The molecule has 1 aromatic rings. The first kappa shape index (κ1) is 16.9. The fourth-order valence-corrected chi connectivity index (χ4v) is 3.48. The molecule has 0 aromatic heterocycles. The molecule has 1 aromatic carbocycles. The maximum Gasteiger partial charge on any atom is 0.522 e. The molecule has 0 saturated carbocycles. The summed E-state index contributed by atoms with van der Waals surface area (Å²) in [7, 11) is -0.740. The molecule has 2 aliphatic heterocycles. The molecule has 124 valence electrons. The van der Waals surface area contributed by atoms with E-state index in [-0.39, 0.29) is 15.4 Å². The van der Waals surface area contributed by atoms with Gasteiger partial charge in [0.15, 0.2) is 0 Å². The summed E-state index contributed by atoms with van der Waals surface area (Å²) in [4.78, 5) is 13.8. The van der Waals surface area contributed by atoms with Gasteiger partial charge in [0.25, 0.3) is 5.24 Å². The summed E-state index contributed by atoms with van der Waals surface area (Å²) >= 11 is 5.57. The van der Waals surface area contributed by atoms with Crippen LogP contribution in [0.4, 0.5) is 4.79 Å². The summed E-state index contributed by atoms with van der Waals surface area (Å²) in [5, 5.41) is 9.59. The molecular weight excluding hydrogens is 333 g/mol. The molecule has 0 spiro atoms. The predicted octanol–water partition coefficient (Wildman–Crippen LogP) is 2.68. The molecule has 2 heterocycles. The second-order valence-electron chi connectivity index (χ2n) is 6.34. The molecule has 0 radical (unpaired) electrons. The fraction of sp³-hybridized carbons (Fsp3) is 0.533. The number of aryl methyl sites for hydroxylation is 1. The van der Waals surface area contributed by atoms with Gasteiger partial charge in [-0.15, -0.1) is 0 Å². The zero-order valence-corrected chi connectivity index (χ0v) is 14.9. The van der Waals surface area contributed by atoms with Crippen LogP contribution in [0.3, 0.4) is 0 Å².